The number of carbonyl (C=O) groups is 1. The zero-order valence-electron chi connectivity index (χ0n) is 14.6. The molecule has 0 spiro atoms. The summed E-state index contributed by atoms with van der Waals surface area (Å²) >= 11 is 0. The van der Waals surface area contributed by atoms with Gasteiger partial charge in [-0.25, -0.2) is 4.39 Å². The zero-order valence-corrected chi connectivity index (χ0v) is 14.6. The molecule has 5 nitrogen and oxygen atoms in total. The lowest BCUT2D eigenvalue weighted by atomic mass is 9.94. The third kappa shape index (κ3) is 4.11. The summed E-state index contributed by atoms with van der Waals surface area (Å²) in [5.41, 5.74) is -1.09. The van der Waals surface area contributed by atoms with Gasteiger partial charge in [0.15, 0.2) is 0 Å². The molecule has 0 atom stereocenters. The molecular weight excluding hydrogens is 392 g/mol. The number of fused-ring (bicyclic) bond motifs is 1. The Kier molecular flexibility index (Phi) is 5.12. The molecule has 0 aliphatic heterocycles. The number of carboxylic acid groups (broad SMARTS) is 1. The van der Waals surface area contributed by atoms with Crippen LogP contribution in [0.15, 0.2) is 41.3 Å². The first-order chi connectivity index (χ1) is 13.6. The number of benzene rings is 2. The fourth-order valence-corrected chi connectivity index (χ4v) is 3.00. The number of aromatic amines is 1. The first-order valence-electron chi connectivity index (χ1n) is 8.25. The standard InChI is InChI=1S/C20H12F4N2O3/c21-16-7-14(20(22,23)24)2-1-10(16)3-11-5-17-15(4-12(11)6-18(27)28)19(29)13(8-25)9-26-17/h1-2,4-5,7,9H,3,6H2,(H,26,29)(H,27,28). The molecule has 0 saturated carbocycles. The monoisotopic (exact) mass is 404 g/mol. The van der Waals surface area contributed by atoms with Crippen LogP contribution in [0.3, 0.4) is 0 Å². The zero-order chi connectivity index (χ0) is 21.3. The van der Waals surface area contributed by atoms with Gasteiger partial charge in [-0.1, -0.05) is 6.07 Å². The van der Waals surface area contributed by atoms with Gasteiger partial charge in [0.2, 0.25) is 5.43 Å². The van der Waals surface area contributed by atoms with Crippen LogP contribution in [0.4, 0.5) is 17.6 Å². The van der Waals surface area contributed by atoms with Gasteiger partial charge in [-0.2, -0.15) is 18.4 Å². The Bertz CT molecular complexity index is 1220. The van der Waals surface area contributed by atoms with Gasteiger partial charge in [-0.15, -0.1) is 0 Å². The number of halogens is 4. The number of aliphatic carboxylic acids is 1. The first kappa shape index (κ1) is 20.1. The van der Waals surface area contributed by atoms with Crippen molar-refractivity contribution in [3.63, 3.8) is 0 Å². The maximum Gasteiger partial charge on any atom is 0.416 e. The van der Waals surface area contributed by atoms with Crippen molar-refractivity contribution < 1.29 is 27.5 Å². The lowest BCUT2D eigenvalue weighted by Gasteiger charge is -2.13. The number of nitriles is 1. The van der Waals surface area contributed by atoms with Crippen molar-refractivity contribution in [2.45, 2.75) is 19.0 Å². The highest BCUT2D eigenvalue weighted by Gasteiger charge is 2.31. The molecule has 0 fully saturated rings. The van der Waals surface area contributed by atoms with Gasteiger partial charge in [0, 0.05) is 23.5 Å². The normalized spacial score (nSPS) is 11.4. The van der Waals surface area contributed by atoms with Crippen molar-refractivity contribution in [2.24, 2.45) is 0 Å². The topological polar surface area (TPSA) is 93.9 Å². The van der Waals surface area contributed by atoms with Crippen LogP contribution < -0.4 is 5.43 Å². The van der Waals surface area contributed by atoms with Crippen molar-refractivity contribution in [3.8, 4) is 6.07 Å². The van der Waals surface area contributed by atoms with Crippen molar-refractivity contribution in [1.82, 2.24) is 4.98 Å². The van der Waals surface area contributed by atoms with E-state index in [1.54, 1.807) is 6.07 Å². The first-order valence-corrected chi connectivity index (χ1v) is 8.25. The highest BCUT2D eigenvalue weighted by Crippen LogP contribution is 2.31. The summed E-state index contributed by atoms with van der Waals surface area (Å²) in [4.78, 5) is 26.2. The van der Waals surface area contributed by atoms with E-state index < -0.39 is 35.4 Å². The molecule has 2 aromatic carbocycles. The molecule has 1 aromatic heterocycles. The summed E-state index contributed by atoms with van der Waals surface area (Å²) in [5, 5.41) is 18.2. The third-order valence-electron chi connectivity index (χ3n) is 4.42. The lowest BCUT2D eigenvalue weighted by Crippen LogP contribution is -2.11. The Balaban J connectivity index is 2.12. The van der Waals surface area contributed by atoms with Gasteiger partial charge in [0.1, 0.15) is 17.4 Å². The minimum absolute atomic E-state index is 0.0556. The molecule has 9 heteroatoms. The number of nitrogens with one attached hydrogen (secondary N) is 1. The number of nitrogens with zero attached hydrogens (tertiary/aromatic N) is 1. The molecule has 0 radical (unpaired) electrons. The molecule has 29 heavy (non-hydrogen) atoms. The Morgan fingerprint density at radius 1 is 1.14 bits per heavy atom. The minimum atomic E-state index is -4.69. The Hall–Kier alpha value is -3.67. The van der Waals surface area contributed by atoms with Gasteiger partial charge >= 0.3 is 12.1 Å². The molecule has 0 amide bonds. The fraction of sp³-hybridized carbons (Fsp3) is 0.150. The second-order valence-electron chi connectivity index (χ2n) is 6.36. The summed E-state index contributed by atoms with van der Waals surface area (Å²) in [6.07, 6.45) is -4.15. The summed E-state index contributed by atoms with van der Waals surface area (Å²) < 4.78 is 52.4. The Morgan fingerprint density at radius 3 is 2.45 bits per heavy atom. The highest BCUT2D eigenvalue weighted by molar-refractivity contribution is 5.83. The minimum Gasteiger partial charge on any atom is -0.481 e. The average molecular weight is 404 g/mol. The van der Waals surface area contributed by atoms with Crippen molar-refractivity contribution in [2.75, 3.05) is 0 Å². The number of H-pyrrole nitrogens is 1. The summed E-state index contributed by atoms with van der Waals surface area (Å²) in [7, 11) is 0. The third-order valence-corrected chi connectivity index (χ3v) is 4.42. The predicted molar refractivity (Wildman–Crippen MR) is 94.8 cm³/mol. The van der Waals surface area contributed by atoms with Gasteiger partial charge in [0.25, 0.3) is 0 Å². The van der Waals surface area contributed by atoms with Crippen molar-refractivity contribution in [1.29, 1.82) is 5.26 Å². The van der Waals surface area contributed by atoms with Crippen LogP contribution in [-0.4, -0.2) is 16.1 Å². The summed E-state index contributed by atoms with van der Waals surface area (Å²) in [6, 6.07) is 6.59. The van der Waals surface area contributed by atoms with Crippen LogP contribution >= 0.6 is 0 Å². The van der Waals surface area contributed by atoms with E-state index in [0.717, 1.165) is 12.1 Å². The molecule has 1 heterocycles. The maximum atomic E-state index is 14.2. The number of aromatic nitrogens is 1. The van der Waals surface area contributed by atoms with E-state index >= 15 is 0 Å². The number of rotatable bonds is 4. The van der Waals surface area contributed by atoms with Gasteiger partial charge in [-0.3, -0.25) is 9.59 Å². The van der Waals surface area contributed by atoms with E-state index in [0.29, 0.717) is 17.1 Å². The molecule has 0 saturated heterocycles. The SMILES string of the molecule is N#Cc1c[nH]c2cc(Cc3ccc(C(F)(F)F)cc3F)c(CC(=O)O)cc2c1=O. The number of hydrogen-bond donors (Lipinski definition) is 2. The number of alkyl halides is 3. The summed E-state index contributed by atoms with van der Waals surface area (Å²) in [6.45, 7) is 0. The Labute approximate surface area is 160 Å². The van der Waals surface area contributed by atoms with Crippen LogP contribution in [0.1, 0.15) is 27.8 Å². The van der Waals surface area contributed by atoms with Crippen molar-refractivity contribution in [3.05, 3.63) is 80.4 Å². The molecule has 148 valence electrons. The van der Waals surface area contributed by atoms with E-state index in [1.807, 2.05) is 0 Å². The number of carboxylic acids is 1. The van der Waals surface area contributed by atoms with Gasteiger partial charge in [-0.05, 0) is 41.0 Å². The highest BCUT2D eigenvalue weighted by atomic mass is 19.4. The van der Waals surface area contributed by atoms with E-state index in [4.69, 9.17) is 10.4 Å². The van der Waals surface area contributed by atoms with Gasteiger partial charge < -0.3 is 10.1 Å². The second-order valence-corrected chi connectivity index (χ2v) is 6.36. The van der Waals surface area contributed by atoms with E-state index in [2.05, 4.69) is 4.98 Å². The molecule has 0 aliphatic rings. The molecular formula is C20H12F4N2O3. The van der Waals surface area contributed by atoms with E-state index in [1.165, 1.54) is 18.3 Å². The van der Waals surface area contributed by atoms with Crippen LogP contribution in [0.5, 0.6) is 0 Å². The number of hydrogen-bond acceptors (Lipinski definition) is 3. The Morgan fingerprint density at radius 2 is 1.86 bits per heavy atom. The van der Waals surface area contributed by atoms with Crippen molar-refractivity contribution >= 4 is 16.9 Å². The largest absolute Gasteiger partial charge is 0.481 e. The molecule has 0 unspecified atom stereocenters. The van der Waals surface area contributed by atoms with Crippen LogP contribution in [0, 0.1) is 17.1 Å². The molecule has 2 N–H and O–H groups in total. The predicted octanol–water partition coefficient (Wildman–Crippen LogP) is 3.78. The number of pyridine rings is 1. The van der Waals surface area contributed by atoms with E-state index in [-0.39, 0.29) is 28.5 Å². The smallest absolute Gasteiger partial charge is 0.416 e. The lowest BCUT2D eigenvalue weighted by molar-refractivity contribution is -0.138. The van der Waals surface area contributed by atoms with E-state index in [9.17, 15) is 27.2 Å². The molecule has 0 aliphatic carbocycles. The average Bonchev–Trinajstić information content (AvgIpc) is 2.63. The second kappa shape index (κ2) is 7.39. The summed E-state index contributed by atoms with van der Waals surface area (Å²) in [5.74, 6) is -2.28. The van der Waals surface area contributed by atoms with Crippen LogP contribution in [0.2, 0.25) is 0 Å². The molecule has 0 bridgehead atoms. The van der Waals surface area contributed by atoms with Crippen LogP contribution in [-0.2, 0) is 23.8 Å². The van der Waals surface area contributed by atoms with Crippen LogP contribution in [0.25, 0.3) is 10.9 Å². The maximum absolute atomic E-state index is 14.2. The van der Waals surface area contributed by atoms with Gasteiger partial charge in [0.05, 0.1) is 12.0 Å². The molecule has 3 rings (SSSR count). The molecule has 3 aromatic rings. The fourth-order valence-electron chi connectivity index (χ4n) is 3.00. The quantitative estimate of drug-likeness (QED) is 0.648.